The molecule has 5 nitrogen and oxygen atoms in total. The molecule has 7 heteroatoms. The molecule has 24 heavy (non-hydrogen) atoms. The van der Waals surface area contributed by atoms with Gasteiger partial charge >= 0.3 is 0 Å². The maximum atomic E-state index is 5.54. The van der Waals surface area contributed by atoms with Gasteiger partial charge in [0.1, 0.15) is 5.76 Å². The van der Waals surface area contributed by atoms with Crippen LogP contribution in [0.3, 0.4) is 0 Å². The lowest BCUT2D eigenvalue weighted by Crippen LogP contribution is -2.41. The van der Waals surface area contributed by atoms with Crippen LogP contribution in [0.5, 0.6) is 0 Å². The summed E-state index contributed by atoms with van der Waals surface area (Å²) in [4.78, 5) is 8.13. The first-order valence-corrected chi connectivity index (χ1v) is 8.74. The zero-order valence-corrected chi connectivity index (χ0v) is 17.9. The van der Waals surface area contributed by atoms with E-state index in [-0.39, 0.29) is 30.0 Å². The Kier molecular flexibility index (Phi) is 9.38. The summed E-state index contributed by atoms with van der Waals surface area (Å²) in [5.74, 6) is 1.78. The summed E-state index contributed by atoms with van der Waals surface area (Å²) in [6, 6.07) is 6.22. The molecule has 134 valence electrons. The summed E-state index contributed by atoms with van der Waals surface area (Å²) in [5.41, 5.74) is 1.30. The highest BCUT2D eigenvalue weighted by atomic mass is 127. The van der Waals surface area contributed by atoms with Gasteiger partial charge in [-0.15, -0.1) is 35.3 Å². The standard InChI is InChI=1S/C17H26N4OS.HI/c1-5-18-17(20-12-16-13(2)8-10-23-16)19-11-14(21(3)4)15-7-6-9-22-15;/h6-10,14H,5,11-12H2,1-4H3,(H2,18,19,20);1H. The Hall–Kier alpha value is -1.06. The van der Waals surface area contributed by atoms with Crippen molar-refractivity contribution in [3.63, 3.8) is 0 Å². The normalized spacial score (nSPS) is 12.8. The first kappa shape index (κ1) is 21.0. The highest BCUT2D eigenvalue weighted by molar-refractivity contribution is 14.0. The first-order chi connectivity index (χ1) is 11.1. The topological polar surface area (TPSA) is 52.8 Å². The fraction of sp³-hybridized carbons (Fsp3) is 0.471. The highest BCUT2D eigenvalue weighted by Crippen LogP contribution is 2.18. The monoisotopic (exact) mass is 462 g/mol. The Labute approximate surface area is 165 Å². The minimum atomic E-state index is 0. The molecule has 1 atom stereocenters. The third kappa shape index (κ3) is 6.10. The van der Waals surface area contributed by atoms with Gasteiger partial charge in [-0.3, -0.25) is 4.90 Å². The van der Waals surface area contributed by atoms with Gasteiger partial charge in [0.2, 0.25) is 0 Å². The molecule has 0 aliphatic heterocycles. The zero-order valence-electron chi connectivity index (χ0n) is 14.7. The fourth-order valence-electron chi connectivity index (χ4n) is 2.27. The molecule has 1 unspecified atom stereocenters. The van der Waals surface area contributed by atoms with Gasteiger partial charge in [-0.1, -0.05) is 0 Å². The number of nitrogens with one attached hydrogen (secondary N) is 2. The molecule has 0 fully saturated rings. The summed E-state index contributed by atoms with van der Waals surface area (Å²) in [5, 5.41) is 8.82. The van der Waals surface area contributed by atoms with Crippen LogP contribution in [-0.4, -0.2) is 38.0 Å². The zero-order chi connectivity index (χ0) is 16.7. The average molecular weight is 462 g/mol. The molecule has 0 aliphatic rings. The van der Waals surface area contributed by atoms with Crippen LogP contribution in [0, 0.1) is 6.92 Å². The summed E-state index contributed by atoms with van der Waals surface area (Å²) in [6.45, 7) is 6.47. The molecule has 2 heterocycles. The van der Waals surface area contributed by atoms with Gasteiger partial charge in [0.15, 0.2) is 5.96 Å². The SMILES string of the molecule is CCNC(=NCc1sccc1C)NCC(c1ccco1)N(C)C.I. The molecule has 2 aromatic heterocycles. The number of hydrogen-bond donors (Lipinski definition) is 2. The molecule has 0 bridgehead atoms. The summed E-state index contributed by atoms with van der Waals surface area (Å²) >= 11 is 1.75. The minimum absolute atomic E-state index is 0. The number of furan rings is 1. The summed E-state index contributed by atoms with van der Waals surface area (Å²) in [6.07, 6.45) is 1.71. The Morgan fingerprint density at radius 2 is 2.12 bits per heavy atom. The van der Waals surface area contributed by atoms with Crippen LogP contribution in [0.15, 0.2) is 39.3 Å². The second-order valence-electron chi connectivity index (χ2n) is 5.60. The van der Waals surface area contributed by atoms with Crippen molar-refractivity contribution in [3.8, 4) is 0 Å². The molecule has 0 saturated carbocycles. The van der Waals surface area contributed by atoms with Crippen LogP contribution in [-0.2, 0) is 6.54 Å². The quantitative estimate of drug-likeness (QED) is 0.375. The van der Waals surface area contributed by atoms with Crippen LogP contribution < -0.4 is 10.6 Å². The Bertz CT molecular complexity index is 610. The molecular formula is C17H27IN4OS. The molecule has 2 rings (SSSR count). The van der Waals surface area contributed by atoms with Crippen LogP contribution in [0.4, 0.5) is 0 Å². The van der Waals surface area contributed by atoms with Gasteiger partial charge in [0.05, 0.1) is 18.8 Å². The lowest BCUT2D eigenvalue weighted by atomic mass is 10.2. The lowest BCUT2D eigenvalue weighted by molar-refractivity contribution is 0.258. The summed E-state index contributed by atoms with van der Waals surface area (Å²) < 4.78 is 5.54. The van der Waals surface area contributed by atoms with E-state index in [0.29, 0.717) is 6.54 Å². The number of halogens is 1. The maximum absolute atomic E-state index is 5.54. The lowest BCUT2D eigenvalue weighted by Gasteiger charge is -2.23. The molecule has 0 radical (unpaired) electrons. The van der Waals surface area contributed by atoms with Crippen molar-refractivity contribution in [2.24, 2.45) is 4.99 Å². The number of aliphatic imine (C=N–C) groups is 1. The number of aryl methyl sites for hydroxylation is 1. The number of thiophene rings is 1. The van der Waals surface area contributed by atoms with E-state index in [1.807, 2.05) is 26.2 Å². The van der Waals surface area contributed by atoms with Crippen LogP contribution in [0.2, 0.25) is 0 Å². The predicted octanol–water partition coefficient (Wildman–Crippen LogP) is 3.63. The molecule has 2 N–H and O–H groups in total. The largest absolute Gasteiger partial charge is 0.468 e. The number of guanidine groups is 1. The predicted molar refractivity (Wildman–Crippen MR) is 112 cm³/mol. The second kappa shape index (κ2) is 10.7. The third-order valence-electron chi connectivity index (χ3n) is 3.65. The molecule has 0 amide bonds. The van der Waals surface area contributed by atoms with Gasteiger partial charge in [-0.25, -0.2) is 4.99 Å². The number of nitrogens with zero attached hydrogens (tertiary/aromatic N) is 2. The Balaban J connectivity index is 0.00000288. The Morgan fingerprint density at radius 1 is 1.33 bits per heavy atom. The van der Waals surface area contributed by atoms with E-state index >= 15 is 0 Å². The van der Waals surface area contributed by atoms with E-state index in [1.165, 1.54) is 10.4 Å². The van der Waals surface area contributed by atoms with Crippen LogP contribution in [0.1, 0.15) is 29.2 Å². The molecule has 0 aromatic carbocycles. The van der Waals surface area contributed by atoms with Crippen molar-refractivity contribution in [2.75, 3.05) is 27.2 Å². The molecule has 2 aromatic rings. The number of rotatable bonds is 7. The molecular weight excluding hydrogens is 435 g/mol. The number of likely N-dealkylation sites (N-methyl/N-ethyl adjacent to an activating group) is 1. The molecule has 0 saturated heterocycles. The van der Waals surface area contributed by atoms with E-state index in [0.717, 1.165) is 24.8 Å². The van der Waals surface area contributed by atoms with E-state index < -0.39 is 0 Å². The highest BCUT2D eigenvalue weighted by Gasteiger charge is 2.17. The van der Waals surface area contributed by atoms with Gasteiger partial charge in [0.25, 0.3) is 0 Å². The minimum Gasteiger partial charge on any atom is -0.468 e. The first-order valence-electron chi connectivity index (χ1n) is 7.86. The van der Waals surface area contributed by atoms with Crippen LogP contribution in [0.25, 0.3) is 0 Å². The van der Waals surface area contributed by atoms with E-state index in [4.69, 9.17) is 4.42 Å². The maximum Gasteiger partial charge on any atom is 0.191 e. The average Bonchev–Trinajstić information content (AvgIpc) is 3.16. The third-order valence-corrected chi connectivity index (χ3v) is 4.66. The van der Waals surface area contributed by atoms with Gasteiger partial charge in [0, 0.05) is 18.0 Å². The van der Waals surface area contributed by atoms with Gasteiger partial charge in [-0.2, -0.15) is 0 Å². The van der Waals surface area contributed by atoms with Crippen molar-refractivity contribution in [2.45, 2.75) is 26.4 Å². The Morgan fingerprint density at radius 3 is 2.67 bits per heavy atom. The van der Waals surface area contributed by atoms with Crippen LogP contribution >= 0.6 is 35.3 Å². The van der Waals surface area contributed by atoms with Gasteiger partial charge < -0.3 is 15.1 Å². The van der Waals surface area contributed by atoms with E-state index in [9.17, 15) is 0 Å². The van der Waals surface area contributed by atoms with Crippen molar-refractivity contribution in [1.29, 1.82) is 0 Å². The molecule has 0 aliphatic carbocycles. The fourth-order valence-corrected chi connectivity index (χ4v) is 3.10. The summed E-state index contributed by atoms with van der Waals surface area (Å²) in [7, 11) is 4.10. The molecule has 0 spiro atoms. The van der Waals surface area contributed by atoms with Crippen molar-refractivity contribution < 1.29 is 4.42 Å². The van der Waals surface area contributed by atoms with Crippen molar-refractivity contribution in [3.05, 3.63) is 46.0 Å². The number of hydrogen-bond acceptors (Lipinski definition) is 4. The smallest absolute Gasteiger partial charge is 0.191 e. The second-order valence-corrected chi connectivity index (χ2v) is 6.60. The van der Waals surface area contributed by atoms with Gasteiger partial charge in [-0.05, 0) is 57.1 Å². The van der Waals surface area contributed by atoms with E-state index in [2.05, 4.69) is 45.8 Å². The van der Waals surface area contributed by atoms with Crippen molar-refractivity contribution in [1.82, 2.24) is 15.5 Å². The van der Waals surface area contributed by atoms with E-state index in [1.54, 1.807) is 17.6 Å². The van der Waals surface area contributed by atoms with Crippen molar-refractivity contribution >= 4 is 41.3 Å².